The zero-order valence-electron chi connectivity index (χ0n) is 13.9. The van der Waals surface area contributed by atoms with Crippen molar-refractivity contribution in [3.05, 3.63) is 37.1 Å². The number of nitrogens with one attached hydrogen (secondary N) is 2. The van der Waals surface area contributed by atoms with Crippen molar-refractivity contribution in [2.24, 2.45) is 11.3 Å². The Morgan fingerprint density at radius 2 is 2.20 bits per heavy atom. The number of anilines is 1. The molecule has 0 radical (unpaired) electrons. The van der Waals surface area contributed by atoms with Crippen LogP contribution in [0, 0.1) is 11.3 Å². The number of amides is 1. The van der Waals surface area contributed by atoms with Crippen LogP contribution in [-0.4, -0.2) is 33.5 Å². The fraction of sp³-hybridized carbons (Fsp3) is 0.471. The quantitative estimate of drug-likeness (QED) is 0.854. The van der Waals surface area contributed by atoms with E-state index >= 15 is 0 Å². The Balaban J connectivity index is 0.00000113. The highest BCUT2D eigenvalue weighted by atomic mass is 35.5. The Hall–Kier alpha value is -1.63. The summed E-state index contributed by atoms with van der Waals surface area (Å²) in [4.78, 5) is 21.3. The summed E-state index contributed by atoms with van der Waals surface area (Å²) in [6.45, 7) is 1.76. The summed E-state index contributed by atoms with van der Waals surface area (Å²) in [7, 11) is 0. The molecule has 2 aromatic rings. The highest BCUT2D eigenvalue weighted by Crippen LogP contribution is 2.44. The monoisotopic (exact) mass is 383 g/mol. The lowest BCUT2D eigenvalue weighted by molar-refractivity contribution is -0.128. The number of hydrogen-bond acceptors (Lipinski definition) is 4. The van der Waals surface area contributed by atoms with E-state index in [-0.39, 0.29) is 36.1 Å². The first-order valence-electron chi connectivity index (χ1n) is 8.24. The van der Waals surface area contributed by atoms with E-state index < -0.39 is 0 Å². The highest BCUT2D eigenvalue weighted by Gasteiger charge is 2.49. The van der Waals surface area contributed by atoms with Gasteiger partial charge in [0.1, 0.15) is 12.1 Å². The van der Waals surface area contributed by atoms with Gasteiger partial charge < -0.3 is 10.6 Å². The number of hydrogen-bond donors (Lipinski definition) is 2. The molecule has 0 unspecified atom stereocenters. The molecule has 8 heteroatoms. The Morgan fingerprint density at radius 3 is 2.92 bits per heavy atom. The maximum Gasteiger partial charge on any atom is 0.232 e. The molecule has 0 spiro atoms. The first-order chi connectivity index (χ1) is 11.3. The van der Waals surface area contributed by atoms with Crippen molar-refractivity contribution < 1.29 is 4.79 Å². The molecule has 25 heavy (non-hydrogen) atoms. The number of halogens is 2. The third-order valence-electron chi connectivity index (χ3n) is 5.27. The predicted molar refractivity (Wildman–Crippen MR) is 102 cm³/mol. The second-order valence-electron chi connectivity index (χ2n) is 6.56. The standard InChI is InChI=1S/C17H21N5O.2ClH/c23-16(17-6-2-1-3-13(17)9-19-11-17)21-14-4-5-15(20-10-14)22-8-7-18-12-22;;/h4-5,7-8,10,12-13,19H,1-3,6,9,11H2,(H,21,23);2*1H/t13-,17+;;/m0../s1. The summed E-state index contributed by atoms with van der Waals surface area (Å²) >= 11 is 0. The van der Waals surface area contributed by atoms with Gasteiger partial charge in [0.05, 0.1) is 17.3 Å². The molecule has 1 saturated carbocycles. The average Bonchev–Trinajstić information content (AvgIpc) is 3.25. The zero-order valence-corrected chi connectivity index (χ0v) is 15.5. The number of fused-ring (bicyclic) bond motifs is 1. The van der Waals surface area contributed by atoms with Crippen molar-refractivity contribution in [2.45, 2.75) is 25.7 Å². The summed E-state index contributed by atoms with van der Waals surface area (Å²) < 4.78 is 1.84. The molecule has 2 fully saturated rings. The van der Waals surface area contributed by atoms with Crippen molar-refractivity contribution in [2.75, 3.05) is 18.4 Å². The molecule has 1 amide bonds. The van der Waals surface area contributed by atoms with E-state index in [1.165, 1.54) is 6.42 Å². The molecule has 1 aliphatic heterocycles. The summed E-state index contributed by atoms with van der Waals surface area (Å²) in [5.41, 5.74) is 0.519. The van der Waals surface area contributed by atoms with Crippen molar-refractivity contribution in [1.29, 1.82) is 0 Å². The fourth-order valence-electron chi connectivity index (χ4n) is 3.95. The lowest BCUT2D eigenvalue weighted by Crippen LogP contribution is -2.44. The minimum Gasteiger partial charge on any atom is -0.324 e. The number of rotatable bonds is 3. The summed E-state index contributed by atoms with van der Waals surface area (Å²) in [5.74, 6) is 1.40. The zero-order chi connectivity index (χ0) is 15.7. The van der Waals surface area contributed by atoms with Crippen LogP contribution in [0.5, 0.6) is 0 Å². The smallest absolute Gasteiger partial charge is 0.232 e. The van der Waals surface area contributed by atoms with Gasteiger partial charge >= 0.3 is 0 Å². The Kier molecular flexibility index (Phi) is 6.43. The second kappa shape index (κ2) is 8.17. The molecular formula is C17H23Cl2N5O. The van der Waals surface area contributed by atoms with Crippen molar-refractivity contribution in [3.8, 4) is 5.82 Å². The first-order valence-corrected chi connectivity index (χ1v) is 8.24. The second-order valence-corrected chi connectivity index (χ2v) is 6.56. The molecule has 3 heterocycles. The first kappa shape index (κ1) is 19.7. The SMILES string of the molecule is Cl.Cl.O=C(Nc1ccc(-n2ccnc2)nc1)[C@@]12CCCC[C@H]1CNC2. The van der Waals surface area contributed by atoms with E-state index in [0.29, 0.717) is 5.92 Å². The van der Waals surface area contributed by atoms with Gasteiger partial charge in [0, 0.05) is 18.9 Å². The van der Waals surface area contributed by atoms with Crippen molar-refractivity contribution in [3.63, 3.8) is 0 Å². The third-order valence-corrected chi connectivity index (χ3v) is 5.27. The molecule has 0 aromatic carbocycles. The number of aromatic nitrogens is 3. The number of nitrogens with zero attached hydrogens (tertiary/aromatic N) is 3. The number of imidazole rings is 1. The van der Waals surface area contributed by atoms with Crippen LogP contribution in [0.4, 0.5) is 5.69 Å². The third kappa shape index (κ3) is 3.66. The molecule has 0 bridgehead atoms. The van der Waals surface area contributed by atoms with Gasteiger partial charge in [0.15, 0.2) is 0 Å². The largest absolute Gasteiger partial charge is 0.324 e. The van der Waals surface area contributed by atoms with E-state index in [0.717, 1.165) is 43.9 Å². The Morgan fingerprint density at radius 1 is 1.32 bits per heavy atom. The Labute approximate surface area is 159 Å². The van der Waals surface area contributed by atoms with E-state index in [4.69, 9.17) is 0 Å². The van der Waals surface area contributed by atoms with Crippen LogP contribution in [0.2, 0.25) is 0 Å². The van der Waals surface area contributed by atoms with Crippen LogP contribution < -0.4 is 10.6 Å². The maximum absolute atomic E-state index is 12.9. The van der Waals surface area contributed by atoms with Crippen LogP contribution in [-0.2, 0) is 4.79 Å². The molecule has 1 saturated heterocycles. The van der Waals surface area contributed by atoms with E-state index in [1.807, 2.05) is 22.9 Å². The molecule has 4 rings (SSSR count). The van der Waals surface area contributed by atoms with Crippen LogP contribution in [0.1, 0.15) is 25.7 Å². The van der Waals surface area contributed by atoms with Gasteiger partial charge in [-0.15, -0.1) is 24.8 Å². The van der Waals surface area contributed by atoms with Gasteiger partial charge in [0.25, 0.3) is 0 Å². The molecule has 2 aliphatic rings. The van der Waals surface area contributed by atoms with Crippen LogP contribution >= 0.6 is 24.8 Å². The molecular weight excluding hydrogens is 361 g/mol. The van der Waals surface area contributed by atoms with Crippen molar-refractivity contribution >= 4 is 36.4 Å². The van der Waals surface area contributed by atoms with Gasteiger partial charge in [-0.1, -0.05) is 12.8 Å². The van der Waals surface area contributed by atoms with Gasteiger partial charge in [-0.3, -0.25) is 9.36 Å². The molecule has 6 nitrogen and oxygen atoms in total. The fourth-order valence-corrected chi connectivity index (χ4v) is 3.95. The van der Waals surface area contributed by atoms with Gasteiger partial charge in [-0.05, 0) is 37.4 Å². The van der Waals surface area contributed by atoms with Crippen LogP contribution in [0.15, 0.2) is 37.1 Å². The molecule has 2 N–H and O–H groups in total. The topological polar surface area (TPSA) is 71.8 Å². The average molecular weight is 384 g/mol. The summed E-state index contributed by atoms with van der Waals surface area (Å²) in [5, 5.41) is 6.49. The predicted octanol–water partition coefficient (Wildman–Crippen LogP) is 2.83. The highest BCUT2D eigenvalue weighted by molar-refractivity contribution is 5.96. The molecule has 136 valence electrons. The lowest BCUT2D eigenvalue weighted by Gasteiger charge is -2.37. The summed E-state index contributed by atoms with van der Waals surface area (Å²) in [6, 6.07) is 3.79. The van der Waals surface area contributed by atoms with Gasteiger partial charge in [-0.25, -0.2) is 9.97 Å². The molecule has 1 aliphatic carbocycles. The van der Waals surface area contributed by atoms with E-state index in [9.17, 15) is 4.79 Å². The number of carbonyl (C=O) groups is 1. The van der Waals surface area contributed by atoms with Crippen LogP contribution in [0.25, 0.3) is 5.82 Å². The normalized spacial score (nSPS) is 24.6. The minimum absolute atomic E-state index is 0. The molecule has 2 aromatic heterocycles. The van der Waals surface area contributed by atoms with Crippen molar-refractivity contribution in [1.82, 2.24) is 19.9 Å². The number of pyridine rings is 1. The van der Waals surface area contributed by atoms with Crippen LogP contribution in [0.3, 0.4) is 0 Å². The van der Waals surface area contributed by atoms with E-state index in [2.05, 4.69) is 20.6 Å². The lowest BCUT2D eigenvalue weighted by atomic mass is 9.67. The molecule has 2 atom stereocenters. The minimum atomic E-state index is -0.235. The maximum atomic E-state index is 12.9. The summed E-state index contributed by atoms with van der Waals surface area (Å²) in [6.07, 6.45) is 11.5. The van der Waals surface area contributed by atoms with Gasteiger partial charge in [-0.2, -0.15) is 0 Å². The van der Waals surface area contributed by atoms with E-state index in [1.54, 1.807) is 18.7 Å². The number of carbonyl (C=O) groups excluding carboxylic acids is 1. The Bertz CT molecular complexity index is 692. The van der Waals surface area contributed by atoms with Gasteiger partial charge in [0.2, 0.25) is 5.91 Å².